The molecule has 1 N–H and O–H groups in total. The SMILES string of the molecule is CCCC(C)N1CCC(N(Cc2ccccc2)C(=O)Nc2ccc(Cl)c(F)c2)CC1. The second kappa shape index (κ2) is 10.8. The number of carbonyl (C=O) groups excluding carboxylic acids is 1. The van der Waals surface area contributed by atoms with Gasteiger partial charge in [0.05, 0.1) is 5.02 Å². The van der Waals surface area contributed by atoms with Crippen LogP contribution in [0.5, 0.6) is 0 Å². The Morgan fingerprint density at radius 1 is 1.23 bits per heavy atom. The Labute approximate surface area is 184 Å². The van der Waals surface area contributed by atoms with Crippen LogP contribution in [0.15, 0.2) is 48.5 Å². The van der Waals surface area contributed by atoms with Crippen LogP contribution in [0.2, 0.25) is 5.02 Å². The van der Waals surface area contributed by atoms with E-state index in [1.54, 1.807) is 6.07 Å². The van der Waals surface area contributed by atoms with E-state index >= 15 is 0 Å². The van der Waals surface area contributed by atoms with E-state index in [0.717, 1.165) is 31.5 Å². The van der Waals surface area contributed by atoms with Crippen molar-refractivity contribution in [1.29, 1.82) is 0 Å². The van der Waals surface area contributed by atoms with Crippen molar-refractivity contribution in [2.75, 3.05) is 18.4 Å². The van der Waals surface area contributed by atoms with Crippen LogP contribution in [0, 0.1) is 5.82 Å². The second-order valence-corrected chi connectivity index (χ2v) is 8.48. The lowest BCUT2D eigenvalue weighted by Crippen LogP contribution is -2.50. The summed E-state index contributed by atoms with van der Waals surface area (Å²) in [5.74, 6) is -0.540. The lowest BCUT2D eigenvalue weighted by Gasteiger charge is -2.40. The molecule has 0 saturated carbocycles. The molecule has 2 amide bonds. The van der Waals surface area contributed by atoms with Gasteiger partial charge in [0.1, 0.15) is 5.82 Å². The number of hydrogen-bond donors (Lipinski definition) is 1. The van der Waals surface area contributed by atoms with Crippen LogP contribution >= 0.6 is 11.6 Å². The molecule has 4 nitrogen and oxygen atoms in total. The van der Waals surface area contributed by atoms with Gasteiger partial charge in [-0.05, 0) is 49.9 Å². The molecule has 30 heavy (non-hydrogen) atoms. The first-order valence-corrected chi connectivity index (χ1v) is 11.2. The molecule has 0 spiro atoms. The van der Waals surface area contributed by atoms with Gasteiger partial charge in [-0.2, -0.15) is 0 Å². The standard InChI is InChI=1S/C24H31ClFN3O/c1-3-7-18(2)28-14-12-21(13-15-28)29(17-19-8-5-4-6-9-19)24(30)27-20-10-11-22(25)23(26)16-20/h4-6,8-11,16,18,21H,3,7,12-15,17H2,1-2H3,(H,27,30). The quantitative estimate of drug-likeness (QED) is 0.569. The van der Waals surface area contributed by atoms with Crippen LogP contribution in [0.3, 0.4) is 0 Å². The van der Waals surface area contributed by atoms with Gasteiger partial charge in [-0.1, -0.05) is 55.3 Å². The van der Waals surface area contributed by atoms with Crippen molar-refractivity contribution in [3.05, 3.63) is 64.9 Å². The third-order valence-corrected chi connectivity index (χ3v) is 6.20. The van der Waals surface area contributed by atoms with Crippen LogP contribution in [0.25, 0.3) is 0 Å². The summed E-state index contributed by atoms with van der Waals surface area (Å²) in [5, 5.41) is 2.90. The van der Waals surface area contributed by atoms with Crippen molar-refractivity contribution in [3.63, 3.8) is 0 Å². The number of amides is 2. The Balaban J connectivity index is 1.72. The first-order chi connectivity index (χ1) is 14.5. The number of nitrogens with one attached hydrogen (secondary N) is 1. The van der Waals surface area contributed by atoms with Crippen molar-refractivity contribution in [1.82, 2.24) is 9.80 Å². The number of hydrogen-bond acceptors (Lipinski definition) is 2. The Kier molecular flexibility index (Phi) is 8.11. The maximum Gasteiger partial charge on any atom is 0.322 e. The number of carbonyl (C=O) groups is 1. The molecule has 1 unspecified atom stereocenters. The van der Waals surface area contributed by atoms with Gasteiger partial charge in [-0.25, -0.2) is 9.18 Å². The van der Waals surface area contributed by atoms with Gasteiger partial charge in [0.2, 0.25) is 0 Å². The molecule has 0 aromatic heterocycles. The van der Waals surface area contributed by atoms with Crippen molar-refractivity contribution in [2.24, 2.45) is 0 Å². The van der Waals surface area contributed by atoms with Crippen molar-refractivity contribution < 1.29 is 9.18 Å². The zero-order valence-electron chi connectivity index (χ0n) is 17.8. The molecule has 1 fully saturated rings. The Morgan fingerprint density at radius 3 is 2.57 bits per heavy atom. The molecule has 6 heteroatoms. The normalized spacial score (nSPS) is 16.3. The predicted octanol–water partition coefficient (Wildman–Crippen LogP) is 6.17. The lowest BCUT2D eigenvalue weighted by atomic mass is 10.00. The highest BCUT2D eigenvalue weighted by Gasteiger charge is 2.29. The van der Waals surface area contributed by atoms with Crippen molar-refractivity contribution >= 4 is 23.3 Å². The van der Waals surface area contributed by atoms with Crippen molar-refractivity contribution in [3.8, 4) is 0 Å². The topological polar surface area (TPSA) is 35.6 Å². The molecule has 2 aromatic rings. The summed E-state index contributed by atoms with van der Waals surface area (Å²) >= 11 is 5.77. The van der Waals surface area contributed by atoms with Crippen LogP contribution in [0.1, 0.15) is 45.1 Å². The second-order valence-electron chi connectivity index (χ2n) is 8.08. The maximum absolute atomic E-state index is 13.8. The molecule has 1 aliphatic heterocycles. The largest absolute Gasteiger partial charge is 0.322 e. The van der Waals surface area contributed by atoms with E-state index in [4.69, 9.17) is 11.6 Å². The molecule has 162 valence electrons. The molecular formula is C24H31ClFN3O. The highest BCUT2D eigenvalue weighted by atomic mass is 35.5. The van der Waals surface area contributed by atoms with Crippen LogP contribution in [0.4, 0.5) is 14.9 Å². The van der Waals surface area contributed by atoms with E-state index in [2.05, 4.69) is 24.1 Å². The lowest BCUT2D eigenvalue weighted by molar-refractivity contribution is 0.0989. The molecule has 2 aromatic carbocycles. The van der Waals surface area contributed by atoms with E-state index in [0.29, 0.717) is 18.3 Å². The number of urea groups is 1. The number of anilines is 1. The molecule has 0 bridgehead atoms. The molecule has 1 aliphatic rings. The van der Waals surface area contributed by atoms with Crippen LogP contribution < -0.4 is 5.32 Å². The number of benzene rings is 2. The summed E-state index contributed by atoms with van der Waals surface area (Å²) < 4.78 is 13.8. The molecule has 0 radical (unpaired) electrons. The molecule has 1 atom stereocenters. The summed E-state index contributed by atoms with van der Waals surface area (Å²) in [5.41, 5.74) is 1.49. The number of likely N-dealkylation sites (tertiary alicyclic amines) is 1. The van der Waals surface area contributed by atoms with E-state index in [-0.39, 0.29) is 17.1 Å². The summed E-state index contributed by atoms with van der Waals surface area (Å²) in [6.45, 7) is 7.00. The van der Waals surface area contributed by atoms with Crippen LogP contribution in [-0.2, 0) is 6.54 Å². The average molecular weight is 432 g/mol. The predicted molar refractivity (Wildman–Crippen MR) is 121 cm³/mol. The van der Waals surface area contributed by atoms with Gasteiger partial charge in [0.15, 0.2) is 0 Å². The molecule has 1 heterocycles. The highest BCUT2D eigenvalue weighted by molar-refractivity contribution is 6.30. The number of halogens is 2. The van der Waals surface area contributed by atoms with Gasteiger partial charge in [-0.15, -0.1) is 0 Å². The van der Waals surface area contributed by atoms with Gasteiger partial charge in [0.25, 0.3) is 0 Å². The fourth-order valence-electron chi connectivity index (χ4n) is 4.15. The van der Waals surface area contributed by atoms with Crippen LogP contribution in [-0.4, -0.2) is 41.0 Å². The van der Waals surface area contributed by atoms with E-state index < -0.39 is 5.82 Å². The fraction of sp³-hybridized carbons (Fsp3) is 0.458. The number of nitrogens with zero attached hydrogens (tertiary/aromatic N) is 2. The third kappa shape index (κ3) is 5.96. The number of rotatable bonds is 7. The van der Waals surface area contributed by atoms with Gasteiger partial charge >= 0.3 is 6.03 Å². The zero-order valence-corrected chi connectivity index (χ0v) is 18.5. The summed E-state index contributed by atoms with van der Waals surface area (Å²) in [4.78, 5) is 17.6. The average Bonchev–Trinajstić information content (AvgIpc) is 2.75. The van der Waals surface area contributed by atoms with Gasteiger partial charge in [-0.3, -0.25) is 0 Å². The Bertz CT molecular complexity index is 824. The molecular weight excluding hydrogens is 401 g/mol. The summed E-state index contributed by atoms with van der Waals surface area (Å²) in [7, 11) is 0. The zero-order chi connectivity index (χ0) is 21.5. The first-order valence-electron chi connectivity index (χ1n) is 10.8. The van der Waals surface area contributed by atoms with Crippen molar-refractivity contribution in [2.45, 2.75) is 58.2 Å². The summed E-state index contributed by atoms with van der Waals surface area (Å²) in [6, 6.07) is 14.8. The minimum absolute atomic E-state index is 0.0442. The van der Waals surface area contributed by atoms with E-state index in [9.17, 15) is 9.18 Å². The van der Waals surface area contributed by atoms with E-state index in [1.807, 2.05) is 35.2 Å². The minimum Gasteiger partial charge on any atom is -0.317 e. The monoisotopic (exact) mass is 431 g/mol. The smallest absolute Gasteiger partial charge is 0.317 e. The fourth-order valence-corrected chi connectivity index (χ4v) is 4.27. The molecule has 0 aliphatic carbocycles. The maximum atomic E-state index is 13.8. The molecule has 1 saturated heterocycles. The Hall–Kier alpha value is -2.11. The van der Waals surface area contributed by atoms with E-state index in [1.165, 1.54) is 25.0 Å². The third-order valence-electron chi connectivity index (χ3n) is 5.90. The van der Waals surface area contributed by atoms with Gasteiger partial charge in [0, 0.05) is 37.4 Å². The minimum atomic E-state index is -0.540. The number of piperidine rings is 1. The first kappa shape index (κ1) is 22.6. The Morgan fingerprint density at radius 2 is 1.93 bits per heavy atom. The molecule has 3 rings (SSSR count). The summed E-state index contributed by atoms with van der Waals surface area (Å²) in [6.07, 6.45) is 4.24. The van der Waals surface area contributed by atoms with Gasteiger partial charge < -0.3 is 15.1 Å². The highest BCUT2D eigenvalue weighted by Crippen LogP contribution is 2.24.